The first-order valence-electron chi connectivity index (χ1n) is 9.76. The van der Waals surface area contributed by atoms with E-state index in [-0.39, 0.29) is 0 Å². The molecule has 1 atom stereocenters. The van der Waals surface area contributed by atoms with E-state index in [0.29, 0.717) is 12.6 Å². The van der Waals surface area contributed by atoms with Gasteiger partial charge in [0.05, 0.1) is 11.4 Å². The van der Waals surface area contributed by atoms with Crippen LogP contribution in [0.3, 0.4) is 0 Å². The molecule has 0 radical (unpaired) electrons. The molecule has 2 aliphatic heterocycles. The molecule has 0 amide bonds. The molecule has 1 unspecified atom stereocenters. The summed E-state index contributed by atoms with van der Waals surface area (Å²) >= 11 is 0. The second-order valence-electron chi connectivity index (χ2n) is 7.39. The van der Waals surface area contributed by atoms with E-state index in [1.165, 1.54) is 56.3 Å². The zero-order chi connectivity index (χ0) is 16.8. The second kappa shape index (κ2) is 8.72. The number of hydrogen-bond donors (Lipinski definition) is 2. The highest BCUT2D eigenvalue weighted by molar-refractivity contribution is 5.68. The van der Waals surface area contributed by atoms with Gasteiger partial charge in [-0.25, -0.2) is 0 Å². The summed E-state index contributed by atoms with van der Waals surface area (Å²) < 4.78 is 0. The van der Waals surface area contributed by atoms with Gasteiger partial charge in [0, 0.05) is 25.7 Å². The van der Waals surface area contributed by atoms with Crippen molar-refractivity contribution in [1.29, 1.82) is 0 Å². The maximum atomic E-state index is 9.24. The fraction of sp³-hybridized carbons (Fsp3) is 0.700. The number of nitrogens with zero attached hydrogens (tertiary/aromatic N) is 2. The summed E-state index contributed by atoms with van der Waals surface area (Å²) in [6.45, 7) is 4.93. The van der Waals surface area contributed by atoms with Crippen molar-refractivity contribution in [3.05, 3.63) is 23.8 Å². The fourth-order valence-electron chi connectivity index (χ4n) is 4.32. The highest BCUT2D eigenvalue weighted by atomic mass is 16.3. The third-order valence-electron chi connectivity index (χ3n) is 5.66. The lowest BCUT2D eigenvalue weighted by Crippen LogP contribution is -2.40. The number of nitrogen functional groups attached to an aromatic ring is 1. The Morgan fingerprint density at radius 3 is 2.62 bits per heavy atom. The predicted molar refractivity (Wildman–Crippen MR) is 102 cm³/mol. The molecule has 0 bridgehead atoms. The van der Waals surface area contributed by atoms with Gasteiger partial charge in [0.15, 0.2) is 0 Å². The van der Waals surface area contributed by atoms with Gasteiger partial charge in [-0.3, -0.25) is 0 Å². The largest absolute Gasteiger partial charge is 0.397 e. The zero-order valence-corrected chi connectivity index (χ0v) is 14.9. The lowest BCUT2D eigenvalue weighted by molar-refractivity contribution is 0.118. The number of aryl methyl sites for hydroxylation is 1. The van der Waals surface area contributed by atoms with E-state index in [1.54, 1.807) is 0 Å². The number of anilines is 2. The van der Waals surface area contributed by atoms with Crippen molar-refractivity contribution < 1.29 is 5.11 Å². The molecule has 2 fully saturated rings. The fourth-order valence-corrected chi connectivity index (χ4v) is 4.32. The summed E-state index contributed by atoms with van der Waals surface area (Å²) in [5, 5.41) is 9.24. The summed E-state index contributed by atoms with van der Waals surface area (Å²) in [7, 11) is 0. The van der Waals surface area contributed by atoms with Crippen LogP contribution in [0.15, 0.2) is 18.2 Å². The van der Waals surface area contributed by atoms with Crippen LogP contribution in [0.4, 0.5) is 11.4 Å². The Morgan fingerprint density at radius 1 is 1.08 bits per heavy atom. The summed E-state index contributed by atoms with van der Waals surface area (Å²) in [5.74, 6) is 0. The summed E-state index contributed by atoms with van der Waals surface area (Å²) in [4.78, 5) is 4.99. The molecular weight excluding hydrogens is 298 g/mol. The molecular formula is C20H33N3O. The third-order valence-corrected chi connectivity index (χ3v) is 5.66. The van der Waals surface area contributed by atoms with Crippen molar-refractivity contribution >= 4 is 11.4 Å². The highest BCUT2D eigenvalue weighted by Crippen LogP contribution is 2.28. The summed E-state index contributed by atoms with van der Waals surface area (Å²) in [6, 6.07) is 7.23. The number of aliphatic hydroxyl groups excluding tert-OH is 1. The Morgan fingerprint density at radius 2 is 1.88 bits per heavy atom. The average Bonchev–Trinajstić information content (AvgIpc) is 3.11. The molecule has 4 nitrogen and oxygen atoms in total. The molecule has 1 aromatic rings. The standard InChI is InChI=1S/C20H33N3O/c21-19-16-17(8-9-20(19)23-12-3-4-13-23)6-5-14-22-11-2-1-7-18(22)10-15-24/h8-9,16,18,24H,1-7,10-15,21H2. The Balaban J connectivity index is 1.50. The molecule has 0 aromatic heterocycles. The molecule has 0 spiro atoms. The van der Waals surface area contributed by atoms with Crippen molar-refractivity contribution in [1.82, 2.24) is 4.90 Å². The Bertz CT molecular complexity index is 512. The van der Waals surface area contributed by atoms with Gasteiger partial charge in [-0.05, 0) is 75.7 Å². The van der Waals surface area contributed by atoms with E-state index in [0.717, 1.165) is 38.2 Å². The average molecular weight is 332 g/mol. The van der Waals surface area contributed by atoms with Crippen LogP contribution in [0.1, 0.15) is 50.5 Å². The molecule has 24 heavy (non-hydrogen) atoms. The lowest BCUT2D eigenvalue weighted by Gasteiger charge is -2.35. The quantitative estimate of drug-likeness (QED) is 0.754. The summed E-state index contributed by atoms with van der Waals surface area (Å²) in [6.07, 6.45) is 9.62. The Hall–Kier alpha value is -1.26. The molecule has 4 heteroatoms. The molecule has 2 heterocycles. The van der Waals surface area contributed by atoms with Crippen molar-refractivity contribution in [2.75, 3.05) is 43.4 Å². The minimum atomic E-state index is 0.315. The molecule has 0 aliphatic carbocycles. The number of benzene rings is 1. The van der Waals surface area contributed by atoms with Crippen LogP contribution in [-0.4, -0.2) is 48.8 Å². The first-order valence-corrected chi connectivity index (χ1v) is 9.76. The van der Waals surface area contributed by atoms with Crippen molar-refractivity contribution in [3.63, 3.8) is 0 Å². The maximum absolute atomic E-state index is 9.24. The van der Waals surface area contributed by atoms with Gasteiger partial charge in [-0.1, -0.05) is 12.5 Å². The van der Waals surface area contributed by atoms with Gasteiger partial charge in [0.1, 0.15) is 0 Å². The molecule has 3 N–H and O–H groups in total. The highest BCUT2D eigenvalue weighted by Gasteiger charge is 2.21. The van der Waals surface area contributed by atoms with Crippen LogP contribution in [0.2, 0.25) is 0 Å². The van der Waals surface area contributed by atoms with Gasteiger partial charge < -0.3 is 20.6 Å². The van der Waals surface area contributed by atoms with E-state index in [2.05, 4.69) is 28.0 Å². The minimum absolute atomic E-state index is 0.315. The van der Waals surface area contributed by atoms with Crippen LogP contribution in [0.25, 0.3) is 0 Å². The number of aliphatic hydroxyl groups is 1. The van der Waals surface area contributed by atoms with E-state index in [4.69, 9.17) is 5.73 Å². The lowest BCUT2D eigenvalue weighted by atomic mass is 9.99. The first-order chi connectivity index (χ1) is 11.8. The van der Waals surface area contributed by atoms with Gasteiger partial charge in [0.25, 0.3) is 0 Å². The van der Waals surface area contributed by atoms with Crippen LogP contribution in [-0.2, 0) is 6.42 Å². The molecule has 2 saturated heterocycles. The van der Waals surface area contributed by atoms with E-state index < -0.39 is 0 Å². The minimum Gasteiger partial charge on any atom is -0.397 e. The van der Waals surface area contributed by atoms with E-state index in [1.807, 2.05) is 0 Å². The third kappa shape index (κ3) is 4.42. The molecule has 0 saturated carbocycles. The van der Waals surface area contributed by atoms with Gasteiger partial charge >= 0.3 is 0 Å². The van der Waals surface area contributed by atoms with Crippen molar-refractivity contribution in [2.24, 2.45) is 0 Å². The van der Waals surface area contributed by atoms with Gasteiger partial charge in [-0.2, -0.15) is 0 Å². The van der Waals surface area contributed by atoms with Crippen LogP contribution < -0.4 is 10.6 Å². The van der Waals surface area contributed by atoms with Crippen molar-refractivity contribution in [3.8, 4) is 0 Å². The van der Waals surface area contributed by atoms with E-state index >= 15 is 0 Å². The van der Waals surface area contributed by atoms with E-state index in [9.17, 15) is 5.11 Å². The van der Waals surface area contributed by atoms with Crippen molar-refractivity contribution in [2.45, 2.75) is 57.4 Å². The predicted octanol–water partition coefficient (Wildman–Crippen LogP) is 3.04. The van der Waals surface area contributed by atoms with Gasteiger partial charge in [0.2, 0.25) is 0 Å². The molecule has 2 aliphatic rings. The zero-order valence-electron chi connectivity index (χ0n) is 14.9. The molecule has 134 valence electrons. The number of hydrogen-bond acceptors (Lipinski definition) is 4. The normalized spacial score (nSPS) is 22.2. The van der Waals surface area contributed by atoms with Crippen LogP contribution in [0.5, 0.6) is 0 Å². The van der Waals surface area contributed by atoms with Gasteiger partial charge in [-0.15, -0.1) is 0 Å². The summed E-state index contributed by atoms with van der Waals surface area (Å²) in [5.41, 5.74) is 9.80. The monoisotopic (exact) mass is 331 g/mol. The first kappa shape index (κ1) is 17.6. The number of nitrogens with two attached hydrogens (primary N) is 1. The second-order valence-corrected chi connectivity index (χ2v) is 7.39. The molecule has 3 rings (SSSR count). The number of piperidine rings is 1. The van der Waals surface area contributed by atoms with Crippen LogP contribution in [0, 0.1) is 0 Å². The smallest absolute Gasteiger partial charge is 0.0600 e. The molecule has 1 aromatic carbocycles. The van der Waals surface area contributed by atoms with Crippen LogP contribution >= 0.6 is 0 Å². The Kier molecular flexibility index (Phi) is 6.38. The SMILES string of the molecule is Nc1cc(CCCN2CCCCC2CCO)ccc1N1CCCC1. The maximum Gasteiger partial charge on any atom is 0.0600 e. The topological polar surface area (TPSA) is 52.7 Å². The Labute approximate surface area is 146 Å². The number of likely N-dealkylation sites (tertiary alicyclic amines) is 1. The number of rotatable bonds is 7.